The molecular formula is C73H134O6. The fraction of sp³-hybridized carbons (Fsp3) is 0.849. The van der Waals surface area contributed by atoms with Gasteiger partial charge in [-0.25, -0.2) is 0 Å². The molecule has 0 fully saturated rings. The molecule has 6 nitrogen and oxygen atoms in total. The number of carbonyl (C=O) groups excluding carboxylic acids is 3. The van der Waals surface area contributed by atoms with Gasteiger partial charge in [-0.1, -0.05) is 339 Å². The Balaban J connectivity index is 4.01. The van der Waals surface area contributed by atoms with Crippen LogP contribution in [0.4, 0.5) is 0 Å². The van der Waals surface area contributed by atoms with E-state index in [2.05, 4.69) is 69.4 Å². The third-order valence-electron chi connectivity index (χ3n) is 15.8. The Labute approximate surface area is 492 Å². The summed E-state index contributed by atoms with van der Waals surface area (Å²) in [4.78, 5) is 38.2. The molecule has 0 aromatic rings. The lowest BCUT2D eigenvalue weighted by atomic mass is 10.0. The SMILES string of the molecule is CCC/C=C\C/C=C\CCCCCCCC(=O)OCC(COC(=O)CCCCCCCCCCCCCCCCCCCCCCCCCCCCCCCCCCCCC)OC(=O)CCCCCCC/C=C\C/C=C\CCC. The van der Waals surface area contributed by atoms with Crippen LogP contribution in [0, 0.1) is 0 Å². The van der Waals surface area contributed by atoms with Crippen molar-refractivity contribution < 1.29 is 28.6 Å². The third kappa shape index (κ3) is 66.1. The summed E-state index contributed by atoms with van der Waals surface area (Å²) in [6, 6.07) is 0. The quantitative estimate of drug-likeness (QED) is 0.0261. The lowest BCUT2D eigenvalue weighted by Crippen LogP contribution is -2.30. The monoisotopic (exact) mass is 1110 g/mol. The summed E-state index contributed by atoms with van der Waals surface area (Å²) in [7, 11) is 0. The molecule has 0 aliphatic heterocycles. The molecule has 0 spiro atoms. The summed E-state index contributed by atoms with van der Waals surface area (Å²) in [5.41, 5.74) is 0. The number of ether oxygens (including phenoxy) is 3. The summed E-state index contributed by atoms with van der Waals surface area (Å²) in [5.74, 6) is -0.892. The molecular weight excluding hydrogens is 973 g/mol. The maximum Gasteiger partial charge on any atom is 0.306 e. The number of esters is 3. The first-order valence-corrected chi connectivity index (χ1v) is 35.1. The van der Waals surface area contributed by atoms with Gasteiger partial charge in [0, 0.05) is 19.3 Å². The predicted octanol–water partition coefficient (Wildman–Crippen LogP) is 24.1. The average Bonchev–Trinajstić information content (AvgIpc) is 3.45. The number of allylic oxidation sites excluding steroid dienone is 8. The lowest BCUT2D eigenvalue weighted by molar-refractivity contribution is -0.167. The summed E-state index contributed by atoms with van der Waals surface area (Å²) in [5, 5.41) is 0. The zero-order chi connectivity index (χ0) is 57.1. The van der Waals surface area contributed by atoms with Crippen LogP contribution in [-0.4, -0.2) is 37.2 Å². The van der Waals surface area contributed by atoms with Crippen molar-refractivity contribution in [2.24, 2.45) is 0 Å². The van der Waals surface area contributed by atoms with Crippen molar-refractivity contribution in [3.05, 3.63) is 48.6 Å². The van der Waals surface area contributed by atoms with Gasteiger partial charge in [0.15, 0.2) is 6.10 Å². The second-order valence-electron chi connectivity index (χ2n) is 23.8. The molecule has 1 unspecified atom stereocenters. The van der Waals surface area contributed by atoms with Crippen LogP contribution >= 0.6 is 0 Å². The van der Waals surface area contributed by atoms with Gasteiger partial charge < -0.3 is 14.2 Å². The highest BCUT2D eigenvalue weighted by atomic mass is 16.6. The molecule has 6 heteroatoms. The molecule has 1 atom stereocenters. The van der Waals surface area contributed by atoms with Crippen LogP contribution in [0.2, 0.25) is 0 Å². The van der Waals surface area contributed by atoms with Gasteiger partial charge >= 0.3 is 17.9 Å². The van der Waals surface area contributed by atoms with Crippen molar-refractivity contribution in [3.63, 3.8) is 0 Å². The van der Waals surface area contributed by atoms with Gasteiger partial charge in [0.05, 0.1) is 0 Å². The molecule has 0 aliphatic carbocycles. The van der Waals surface area contributed by atoms with E-state index in [0.717, 1.165) is 116 Å². The summed E-state index contributed by atoms with van der Waals surface area (Å²) in [6.07, 6.45) is 86.1. The fourth-order valence-corrected chi connectivity index (χ4v) is 10.5. The first kappa shape index (κ1) is 76.4. The Bertz CT molecular complexity index is 1360. The zero-order valence-corrected chi connectivity index (χ0v) is 53.2. The Kier molecular flexibility index (Phi) is 65.6. The van der Waals surface area contributed by atoms with E-state index in [1.807, 2.05) is 0 Å². The van der Waals surface area contributed by atoms with E-state index in [4.69, 9.17) is 14.2 Å². The fourth-order valence-electron chi connectivity index (χ4n) is 10.5. The highest BCUT2D eigenvalue weighted by Crippen LogP contribution is 2.19. The van der Waals surface area contributed by atoms with E-state index in [0.29, 0.717) is 19.3 Å². The van der Waals surface area contributed by atoms with Gasteiger partial charge in [-0.05, 0) is 70.6 Å². The second kappa shape index (κ2) is 67.9. The van der Waals surface area contributed by atoms with Gasteiger partial charge in [-0.2, -0.15) is 0 Å². The predicted molar refractivity (Wildman–Crippen MR) is 344 cm³/mol. The van der Waals surface area contributed by atoms with Crippen LogP contribution in [0.15, 0.2) is 48.6 Å². The molecule has 462 valence electrons. The van der Waals surface area contributed by atoms with Crippen LogP contribution in [0.3, 0.4) is 0 Å². The van der Waals surface area contributed by atoms with E-state index in [1.165, 1.54) is 225 Å². The largest absolute Gasteiger partial charge is 0.462 e. The highest BCUT2D eigenvalue weighted by molar-refractivity contribution is 5.71. The van der Waals surface area contributed by atoms with Crippen LogP contribution in [-0.2, 0) is 28.6 Å². The Morgan fingerprint density at radius 1 is 0.253 bits per heavy atom. The van der Waals surface area contributed by atoms with Gasteiger partial charge in [0.2, 0.25) is 0 Å². The van der Waals surface area contributed by atoms with Crippen LogP contribution in [0.25, 0.3) is 0 Å². The minimum absolute atomic E-state index is 0.0804. The summed E-state index contributed by atoms with van der Waals surface area (Å²) in [6.45, 7) is 6.54. The molecule has 0 amide bonds. The molecule has 0 aliphatic rings. The Morgan fingerprint density at radius 2 is 0.481 bits per heavy atom. The molecule has 0 heterocycles. The van der Waals surface area contributed by atoms with E-state index < -0.39 is 6.10 Å². The maximum absolute atomic E-state index is 12.9. The van der Waals surface area contributed by atoms with Crippen LogP contribution in [0.5, 0.6) is 0 Å². The van der Waals surface area contributed by atoms with Crippen molar-refractivity contribution in [3.8, 4) is 0 Å². The lowest BCUT2D eigenvalue weighted by Gasteiger charge is -2.18. The zero-order valence-electron chi connectivity index (χ0n) is 53.2. The van der Waals surface area contributed by atoms with Crippen LogP contribution in [0.1, 0.15) is 380 Å². The molecule has 0 aromatic carbocycles. The van der Waals surface area contributed by atoms with E-state index in [1.54, 1.807) is 0 Å². The van der Waals surface area contributed by atoms with E-state index >= 15 is 0 Å². The van der Waals surface area contributed by atoms with E-state index in [-0.39, 0.29) is 31.1 Å². The Morgan fingerprint density at radius 3 is 0.747 bits per heavy atom. The molecule has 0 rings (SSSR count). The number of hydrogen-bond donors (Lipinski definition) is 0. The van der Waals surface area contributed by atoms with Crippen molar-refractivity contribution >= 4 is 17.9 Å². The van der Waals surface area contributed by atoms with E-state index in [9.17, 15) is 14.4 Å². The minimum Gasteiger partial charge on any atom is -0.462 e. The molecule has 0 radical (unpaired) electrons. The average molecular weight is 1110 g/mol. The number of unbranched alkanes of at least 4 members (excludes halogenated alkanes) is 46. The number of hydrogen-bond acceptors (Lipinski definition) is 6. The smallest absolute Gasteiger partial charge is 0.306 e. The van der Waals surface area contributed by atoms with Gasteiger partial charge in [0.25, 0.3) is 0 Å². The summed E-state index contributed by atoms with van der Waals surface area (Å²) < 4.78 is 16.9. The van der Waals surface area contributed by atoms with Crippen LogP contribution < -0.4 is 0 Å². The van der Waals surface area contributed by atoms with Crippen molar-refractivity contribution in [1.82, 2.24) is 0 Å². The molecule has 0 saturated carbocycles. The highest BCUT2D eigenvalue weighted by Gasteiger charge is 2.19. The van der Waals surface area contributed by atoms with Gasteiger partial charge in [0.1, 0.15) is 13.2 Å². The maximum atomic E-state index is 12.9. The van der Waals surface area contributed by atoms with Gasteiger partial charge in [-0.3, -0.25) is 14.4 Å². The molecule has 0 N–H and O–H groups in total. The molecule has 0 aromatic heterocycles. The topological polar surface area (TPSA) is 78.9 Å². The molecule has 79 heavy (non-hydrogen) atoms. The van der Waals surface area contributed by atoms with Crippen molar-refractivity contribution in [2.75, 3.05) is 13.2 Å². The first-order chi connectivity index (χ1) is 39.0. The standard InChI is InChI=1S/C73H134O6/c1-4-7-10-13-16-19-22-25-26-27-28-29-30-31-32-33-34-35-36-37-38-39-40-41-42-43-44-45-46-49-51-54-57-60-63-66-72(75)78-69-70(79-73(76)67-64-61-58-55-52-48-24-21-18-15-12-9-6-3)68-77-71(74)65-62-59-56-53-50-47-23-20-17-14-11-8-5-2/h11-12,14-15,20-21,23-24,70H,4-10,13,16-19,22,25-69H2,1-3H3/b14-11-,15-12-,23-20-,24-21-. The third-order valence-corrected chi connectivity index (χ3v) is 15.8. The number of rotatable bonds is 65. The van der Waals surface area contributed by atoms with Gasteiger partial charge in [-0.15, -0.1) is 0 Å². The second-order valence-corrected chi connectivity index (χ2v) is 23.8. The Hall–Kier alpha value is -2.63. The summed E-state index contributed by atoms with van der Waals surface area (Å²) >= 11 is 0. The first-order valence-electron chi connectivity index (χ1n) is 35.1. The molecule has 0 bridgehead atoms. The normalized spacial score (nSPS) is 12.3. The minimum atomic E-state index is -0.785. The van der Waals surface area contributed by atoms with Crippen molar-refractivity contribution in [2.45, 2.75) is 386 Å². The molecule has 0 saturated heterocycles. The van der Waals surface area contributed by atoms with Crippen molar-refractivity contribution in [1.29, 1.82) is 0 Å². The number of carbonyl (C=O) groups is 3.